The van der Waals surface area contributed by atoms with Gasteiger partial charge in [0.2, 0.25) is 5.95 Å². The lowest BCUT2D eigenvalue weighted by Crippen LogP contribution is -2.36. The summed E-state index contributed by atoms with van der Waals surface area (Å²) < 4.78 is 0. The number of nitrogens with zero attached hydrogens (tertiary/aromatic N) is 6. The number of aromatic nitrogens is 2. The van der Waals surface area contributed by atoms with E-state index in [1.807, 2.05) is 62.6 Å². The van der Waals surface area contributed by atoms with E-state index in [0.717, 1.165) is 54.1 Å². The Morgan fingerprint density at radius 1 is 1.15 bits per heavy atom. The van der Waals surface area contributed by atoms with Gasteiger partial charge in [-0.05, 0) is 62.0 Å². The maximum absolute atomic E-state index is 9.76. The Bertz CT molecular complexity index is 1170. The second kappa shape index (κ2) is 10.3. The average Bonchev–Trinajstić information content (AvgIpc) is 2.84. The molecule has 1 aliphatic heterocycles. The highest BCUT2D eigenvalue weighted by Crippen LogP contribution is 2.31. The van der Waals surface area contributed by atoms with Crippen LogP contribution in [0, 0.1) is 0 Å². The molecule has 0 bridgehead atoms. The maximum atomic E-state index is 9.76. The molecule has 0 spiro atoms. The number of nitrogen functional groups attached to an aromatic ring is 1. The first-order valence-electron chi connectivity index (χ1n) is 11.2. The van der Waals surface area contributed by atoms with E-state index in [9.17, 15) is 5.11 Å². The lowest BCUT2D eigenvalue weighted by Gasteiger charge is -2.32. The lowest BCUT2D eigenvalue weighted by atomic mass is 10.0. The highest BCUT2D eigenvalue weighted by atomic mass is 16.3. The Morgan fingerprint density at radius 2 is 1.88 bits per heavy atom. The van der Waals surface area contributed by atoms with Crippen LogP contribution < -0.4 is 16.0 Å². The molecule has 34 heavy (non-hydrogen) atoms. The highest BCUT2D eigenvalue weighted by Gasteiger charge is 2.19. The number of anilines is 4. The van der Waals surface area contributed by atoms with Crippen LogP contribution in [0.3, 0.4) is 0 Å². The second-order valence-electron chi connectivity index (χ2n) is 8.39. The van der Waals surface area contributed by atoms with E-state index in [1.54, 1.807) is 11.2 Å². The number of nitrogens with two attached hydrogens (primary N) is 1. The number of aliphatic hydroxyl groups is 1. The molecule has 0 aliphatic carbocycles. The summed E-state index contributed by atoms with van der Waals surface area (Å²) in [6.07, 6.45) is 3.03. The molecule has 1 saturated heterocycles. The molecule has 176 valence electrons. The van der Waals surface area contributed by atoms with Gasteiger partial charge in [0, 0.05) is 50.2 Å². The van der Waals surface area contributed by atoms with Gasteiger partial charge in [-0.3, -0.25) is 0 Å². The third kappa shape index (κ3) is 5.49. The number of hydrogen-bond acceptors (Lipinski definition) is 8. The van der Waals surface area contributed by atoms with Crippen molar-refractivity contribution in [3.63, 3.8) is 0 Å². The molecule has 0 radical (unpaired) electrons. The number of piperidine rings is 1. The summed E-state index contributed by atoms with van der Waals surface area (Å²) in [4.78, 5) is 15.2. The van der Waals surface area contributed by atoms with Crippen molar-refractivity contribution in [3.8, 4) is 11.3 Å². The maximum Gasteiger partial charge on any atom is 0.227 e. The standard InChI is InChI=1S/C25H30N8O/c1-27-24(31-32(2)3)17-4-7-19(8-5-17)29-25-28-13-10-22(30-25)18-6-9-23(21(26)16-18)33-14-11-20(34)12-15-33/h4-10,13,16,20,34H,1,11-12,14-15,26H2,2-3H3,(H,28,29,30)/b31-24-. The van der Waals surface area contributed by atoms with Gasteiger partial charge >= 0.3 is 0 Å². The van der Waals surface area contributed by atoms with E-state index in [4.69, 9.17) is 5.73 Å². The third-order valence-corrected chi connectivity index (χ3v) is 5.63. The zero-order valence-electron chi connectivity index (χ0n) is 19.5. The molecule has 2 heterocycles. The molecular weight excluding hydrogens is 428 g/mol. The third-order valence-electron chi connectivity index (χ3n) is 5.63. The van der Waals surface area contributed by atoms with E-state index in [2.05, 4.69) is 37.0 Å². The summed E-state index contributed by atoms with van der Waals surface area (Å²) in [6, 6.07) is 15.5. The van der Waals surface area contributed by atoms with Gasteiger partial charge in [-0.25, -0.2) is 15.0 Å². The molecule has 1 fully saturated rings. The normalized spacial score (nSPS) is 14.7. The van der Waals surface area contributed by atoms with Crippen LogP contribution in [-0.2, 0) is 0 Å². The van der Waals surface area contributed by atoms with Crippen LogP contribution in [0.1, 0.15) is 18.4 Å². The zero-order chi connectivity index (χ0) is 24.1. The Balaban J connectivity index is 1.49. The van der Waals surface area contributed by atoms with Gasteiger partial charge in [-0.15, -0.1) is 0 Å². The highest BCUT2D eigenvalue weighted by molar-refractivity contribution is 6.01. The quantitative estimate of drug-likeness (QED) is 0.225. The fourth-order valence-corrected chi connectivity index (χ4v) is 3.89. The number of hydrogen-bond donors (Lipinski definition) is 3. The summed E-state index contributed by atoms with van der Waals surface area (Å²) in [5, 5.41) is 19.0. The second-order valence-corrected chi connectivity index (χ2v) is 8.39. The number of nitrogens with one attached hydrogen (secondary N) is 1. The van der Waals surface area contributed by atoms with Crippen molar-refractivity contribution in [2.24, 2.45) is 10.1 Å². The summed E-state index contributed by atoms with van der Waals surface area (Å²) in [5.41, 5.74) is 11.5. The molecule has 0 amide bonds. The van der Waals surface area contributed by atoms with Crippen LogP contribution >= 0.6 is 0 Å². The van der Waals surface area contributed by atoms with E-state index in [1.165, 1.54) is 0 Å². The number of hydrazone groups is 1. The van der Waals surface area contributed by atoms with Crippen molar-refractivity contribution in [1.82, 2.24) is 15.0 Å². The van der Waals surface area contributed by atoms with Crippen molar-refractivity contribution in [2.75, 3.05) is 43.1 Å². The van der Waals surface area contributed by atoms with E-state index in [0.29, 0.717) is 17.5 Å². The number of benzene rings is 2. The molecule has 1 aliphatic rings. The molecule has 4 rings (SSSR count). The first-order valence-corrected chi connectivity index (χ1v) is 11.2. The smallest absolute Gasteiger partial charge is 0.227 e. The van der Waals surface area contributed by atoms with Crippen molar-refractivity contribution in [1.29, 1.82) is 0 Å². The predicted molar refractivity (Wildman–Crippen MR) is 139 cm³/mol. The lowest BCUT2D eigenvalue weighted by molar-refractivity contribution is 0.145. The molecule has 9 heteroatoms. The van der Waals surface area contributed by atoms with Crippen molar-refractivity contribution < 1.29 is 5.11 Å². The zero-order valence-corrected chi connectivity index (χ0v) is 19.5. The molecule has 1 aromatic heterocycles. The van der Waals surface area contributed by atoms with Gasteiger partial charge in [0.25, 0.3) is 0 Å². The van der Waals surface area contributed by atoms with Crippen LogP contribution in [0.25, 0.3) is 11.3 Å². The van der Waals surface area contributed by atoms with Crippen LogP contribution in [0.2, 0.25) is 0 Å². The Kier molecular flexibility index (Phi) is 7.03. The van der Waals surface area contributed by atoms with Gasteiger partial charge in [-0.2, -0.15) is 5.10 Å². The van der Waals surface area contributed by atoms with Crippen molar-refractivity contribution in [3.05, 3.63) is 60.3 Å². The topological polar surface area (TPSA) is 115 Å². The Labute approximate surface area is 199 Å². The molecule has 4 N–H and O–H groups in total. The molecular formula is C25H30N8O. The predicted octanol–water partition coefficient (Wildman–Crippen LogP) is 3.35. The first kappa shape index (κ1) is 23.2. The van der Waals surface area contributed by atoms with Crippen LogP contribution in [0.4, 0.5) is 23.0 Å². The van der Waals surface area contributed by atoms with E-state index >= 15 is 0 Å². The average molecular weight is 459 g/mol. The van der Waals surface area contributed by atoms with Crippen LogP contribution in [-0.4, -0.2) is 65.9 Å². The fourth-order valence-electron chi connectivity index (χ4n) is 3.89. The molecule has 0 atom stereocenters. The largest absolute Gasteiger partial charge is 0.397 e. The van der Waals surface area contributed by atoms with Crippen LogP contribution in [0.5, 0.6) is 0 Å². The molecule has 0 saturated carbocycles. The van der Waals surface area contributed by atoms with Crippen molar-refractivity contribution in [2.45, 2.75) is 18.9 Å². The number of rotatable bonds is 6. The summed E-state index contributed by atoms with van der Waals surface area (Å²) in [7, 11) is 3.68. The molecule has 3 aromatic rings. The van der Waals surface area contributed by atoms with Gasteiger partial charge in [-0.1, -0.05) is 6.07 Å². The fraction of sp³-hybridized carbons (Fsp3) is 0.280. The minimum Gasteiger partial charge on any atom is -0.397 e. The molecule has 0 unspecified atom stereocenters. The number of aliphatic hydroxyl groups excluding tert-OH is 1. The Morgan fingerprint density at radius 3 is 2.53 bits per heavy atom. The van der Waals surface area contributed by atoms with Gasteiger partial charge < -0.3 is 26.1 Å². The van der Waals surface area contributed by atoms with Crippen molar-refractivity contribution >= 4 is 35.6 Å². The number of aliphatic imine (C=N–C) groups is 1. The summed E-state index contributed by atoms with van der Waals surface area (Å²) >= 11 is 0. The van der Waals surface area contributed by atoms with Crippen LogP contribution in [0.15, 0.2) is 64.8 Å². The van der Waals surface area contributed by atoms with Gasteiger partial charge in [0.1, 0.15) is 0 Å². The summed E-state index contributed by atoms with van der Waals surface area (Å²) in [6.45, 7) is 5.20. The molecule has 9 nitrogen and oxygen atoms in total. The Hall–Kier alpha value is -3.98. The summed E-state index contributed by atoms with van der Waals surface area (Å²) in [5.74, 6) is 1.04. The van der Waals surface area contributed by atoms with Gasteiger partial charge in [0.15, 0.2) is 5.84 Å². The number of amidine groups is 1. The van der Waals surface area contributed by atoms with E-state index in [-0.39, 0.29) is 6.10 Å². The SMILES string of the molecule is C=N/C(=N\N(C)C)c1ccc(Nc2nccc(-c3ccc(N4CCC(O)CC4)c(N)c3)n2)cc1. The molecule has 2 aromatic carbocycles. The minimum atomic E-state index is -0.216. The monoisotopic (exact) mass is 458 g/mol. The van der Waals surface area contributed by atoms with Gasteiger partial charge in [0.05, 0.1) is 23.2 Å². The minimum absolute atomic E-state index is 0.216. The van der Waals surface area contributed by atoms with E-state index < -0.39 is 0 Å². The first-order chi connectivity index (χ1) is 16.4.